The van der Waals surface area contributed by atoms with E-state index < -0.39 is 90.1 Å². The first-order valence-corrected chi connectivity index (χ1v) is 15.6. The minimum Gasteiger partial charge on any atom is -0.462 e. The second kappa shape index (κ2) is 14.9. The zero-order valence-electron chi connectivity index (χ0n) is 27.4. The summed E-state index contributed by atoms with van der Waals surface area (Å²) >= 11 is 0.198. The molecule has 2 heterocycles. The van der Waals surface area contributed by atoms with Crippen LogP contribution in [0.15, 0.2) is 0 Å². The number of carbonyl (C=O) groups is 6. The Kier molecular flexibility index (Phi) is 12.4. The Hall–Kier alpha value is -4.34. The standard InChI is InChI=1S/C28H30F8N4O8S2/c1-9-47-21(43)13-11(3)15(19(41)39(5)6)49-17(13)37-23(45)25(29,30)27(33,34)28(35,36)26(31,32)24(46)38-18-14(22(44)48-10-2)12(4)16(50-18)20(42)40(7)8/h9-10H2,1-8H3,(H,37,45)(H,38,46). The quantitative estimate of drug-likeness (QED) is 0.206. The molecule has 2 rings (SSSR count). The van der Waals surface area contributed by atoms with Gasteiger partial charge in [-0.05, 0) is 38.8 Å². The third-order valence-electron chi connectivity index (χ3n) is 6.66. The van der Waals surface area contributed by atoms with Crippen molar-refractivity contribution in [3.05, 3.63) is 32.0 Å². The fourth-order valence-corrected chi connectivity index (χ4v) is 6.38. The van der Waals surface area contributed by atoms with E-state index in [2.05, 4.69) is 0 Å². The summed E-state index contributed by atoms with van der Waals surface area (Å²) < 4.78 is 129. The monoisotopic (exact) mass is 766 g/mol. The summed E-state index contributed by atoms with van der Waals surface area (Å²) in [5.41, 5.74) is -2.15. The van der Waals surface area contributed by atoms with Crippen LogP contribution in [0.25, 0.3) is 0 Å². The predicted octanol–water partition coefficient (Wildman–Crippen LogP) is 5.30. The van der Waals surface area contributed by atoms with Crippen LogP contribution in [0.2, 0.25) is 0 Å². The van der Waals surface area contributed by atoms with E-state index in [0.29, 0.717) is 0 Å². The maximum absolute atomic E-state index is 15.0. The molecule has 0 aliphatic carbocycles. The number of thiophene rings is 2. The Balaban J connectivity index is 2.58. The fraction of sp³-hybridized carbons (Fsp3) is 0.500. The lowest BCUT2D eigenvalue weighted by molar-refractivity contribution is -0.345. The van der Waals surface area contributed by atoms with Gasteiger partial charge < -0.3 is 29.9 Å². The smallest absolute Gasteiger partial charge is 0.393 e. The predicted molar refractivity (Wildman–Crippen MR) is 163 cm³/mol. The second-order valence-corrected chi connectivity index (χ2v) is 12.6. The van der Waals surface area contributed by atoms with Crippen molar-refractivity contribution in [2.24, 2.45) is 0 Å². The summed E-state index contributed by atoms with van der Waals surface area (Å²) in [6.07, 6.45) is 0. The molecule has 0 aromatic carbocycles. The molecule has 278 valence electrons. The molecule has 0 saturated heterocycles. The molecule has 2 aromatic rings. The Morgan fingerprint density at radius 3 is 1.12 bits per heavy atom. The molecular formula is C28H30F8N4O8S2. The highest BCUT2D eigenvalue weighted by Gasteiger charge is 2.84. The number of nitrogens with zero attached hydrogens (tertiary/aromatic N) is 2. The van der Waals surface area contributed by atoms with Gasteiger partial charge in [-0.15, -0.1) is 22.7 Å². The van der Waals surface area contributed by atoms with Crippen molar-refractivity contribution >= 4 is 68.2 Å². The van der Waals surface area contributed by atoms with Crippen LogP contribution in [0.1, 0.15) is 65.0 Å². The first-order valence-electron chi connectivity index (χ1n) is 13.9. The Labute approximate surface area is 286 Å². The Morgan fingerprint density at radius 2 is 0.880 bits per heavy atom. The van der Waals surface area contributed by atoms with E-state index in [0.717, 1.165) is 34.3 Å². The Morgan fingerprint density at radius 1 is 0.600 bits per heavy atom. The lowest BCUT2D eigenvalue weighted by Gasteiger charge is -2.35. The maximum atomic E-state index is 15.0. The van der Waals surface area contributed by atoms with Gasteiger partial charge in [0.15, 0.2) is 0 Å². The van der Waals surface area contributed by atoms with Crippen LogP contribution in [0.3, 0.4) is 0 Å². The molecule has 22 heteroatoms. The van der Waals surface area contributed by atoms with E-state index in [1.165, 1.54) is 42.0 Å². The van der Waals surface area contributed by atoms with Gasteiger partial charge in [-0.1, -0.05) is 0 Å². The van der Waals surface area contributed by atoms with Gasteiger partial charge in [0.2, 0.25) is 0 Å². The van der Waals surface area contributed by atoms with Crippen LogP contribution >= 0.6 is 22.7 Å². The van der Waals surface area contributed by atoms with Crippen molar-refractivity contribution in [2.45, 2.75) is 51.4 Å². The highest BCUT2D eigenvalue weighted by molar-refractivity contribution is 7.19. The third-order valence-corrected chi connectivity index (χ3v) is 9.05. The molecule has 50 heavy (non-hydrogen) atoms. The van der Waals surface area contributed by atoms with Crippen molar-refractivity contribution in [1.82, 2.24) is 9.80 Å². The lowest BCUT2D eigenvalue weighted by atomic mass is 9.97. The molecule has 4 amide bonds. The molecule has 2 aromatic heterocycles. The molecular weight excluding hydrogens is 736 g/mol. The summed E-state index contributed by atoms with van der Waals surface area (Å²) in [6, 6.07) is 0. The van der Waals surface area contributed by atoms with E-state index in [1.807, 2.05) is 0 Å². The van der Waals surface area contributed by atoms with Gasteiger partial charge in [0.25, 0.3) is 11.8 Å². The number of rotatable bonds is 13. The summed E-state index contributed by atoms with van der Waals surface area (Å²) in [7, 11) is 4.93. The SMILES string of the molecule is CCOC(=O)c1c(NC(=O)C(F)(F)C(F)(F)C(F)(F)C(F)(F)C(=O)Nc2sc(C(=O)N(C)C)c(C)c2C(=O)OCC)sc(C(=O)N(C)C)c1C. The van der Waals surface area contributed by atoms with Crippen LogP contribution in [-0.2, 0) is 19.1 Å². The van der Waals surface area contributed by atoms with E-state index >= 15 is 0 Å². The summed E-state index contributed by atoms with van der Waals surface area (Å²) in [5, 5.41) is 0.157. The average molecular weight is 767 g/mol. The fourth-order valence-electron chi connectivity index (χ4n) is 3.96. The molecule has 0 spiro atoms. The zero-order valence-corrected chi connectivity index (χ0v) is 29.0. The van der Waals surface area contributed by atoms with Gasteiger partial charge in [0.05, 0.1) is 34.1 Å². The number of alkyl halides is 8. The number of hydrogen-bond donors (Lipinski definition) is 2. The molecule has 0 radical (unpaired) electrons. The molecule has 0 bridgehead atoms. The number of ether oxygens (including phenoxy) is 2. The van der Waals surface area contributed by atoms with E-state index in [-0.39, 0.29) is 47.0 Å². The number of anilines is 2. The highest BCUT2D eigenvalue weighted by Crippen LogP contribution is 2.53. The molecule has 0 aliphatic heterocycles. The second-order valence-electron chi connectivity index (χ2n) is 10.6. The van der Waals surface area contributed by atoms with E-state index in [9.17, 15) is 63.9 Å². The highest BCUT2D eigenvalue weighted by atomic mass is 32.1. The maximum Gasteiger partial charge on any atom is 0.393 e. The molecule has 0 fully saturated rings. The van der Waals surface area contributed by atoms with Gasteiger partial charge in [-0.2, -0.15) is 35.1 Å². The van der Waals surface area contributed by atoms with Crippen molar-refractivity contribution in [3.8, 4) is 0 Å². The van der Waals surface area contributed by atoms with E-state index in [1.54, 1.807) is 0 Å². The minimum absolute atomic E-state index is 0.0992. The number of nitrogens with one attached hydrogen (secondary N) is 2. The van der Waals surface area contributed by atoms with Gasteiger partial charge in [-0.3, -0.25) is 19.2 Å². The number of hydrogen-bond acceptors (Lipinski definition) is 10. The third kappa shape index (κ3) is 7.25. The minimum atomic E-state index is -7.33. The lowest BCUT2D eigenvalue weighted by Crippen LogP contribution is -2.67. The van der Waals surface area contributed by atoms with E-state index in [4.69, 9.17) is 9.47 Å². The molecule has 0 aliphatic rings. The summed E-state index contributed by atoms with van der Waals surface area (Å²) in [5.74, 6) is -39.2. The molecule has 0 saturated carbocycles. The van der Waals surface area contributed by atoms with Crippen LogP contribution in [0.5, 0.6) is 0 Å². The first-order chi connectivity index (χ1) is 22.8. The summed E-state index contributed by atoms with van der Waals surface area (Å²) in [4.78, 5) is 76.0. The van der Waals surface area contributed by atoms with Crippen LogP contribution in [-0.4, -0.2) is 110 Å². The van der Waals surface area contributed by atoms with Gasteiger partial charge >= 0.3 is 47.4 Å². The zero-order chi connectivity index (χ0) is 38.9. The average Bonchev–Trinajstić information content (AvgIpc) is 3.50. The van der Waals surface area contributed by atoms with Gasteiger partial charge in [-0.25, -0.2) is 9.59 Å². The number of halogens is 8. The number of esters is 2. The molecule has 2 N–H and O–H groups in total. The van der Waals surface area contributed by atoms with Crippen LogP contribution in [0, 0.1) is 13.8 Å². The number of amides is 4. The van der Waals surface area contributed by atoms with Crippen molar-refractivity contribution < 1.29 is 73.4 Å². The van der Waals surface area contributed by atoms with Crippen molar-refractivity contribution in [1.29, 1.82) is 0 Å². The topological polar surface area (TPSA) is 151 Å². The van der Waals surface area contributed by atoms with Gasteiger partial charge in [0, 0.05) is 28.2 Å². The largest absolute Gasteiger partial charge is 0.462 e. The first kappa shape index (κ1) is 41.8. The Bertz CT molecular complexity index is 1580. The van der Waals surface area contributed by atoms with Crippen LogP contribution in [0.4, 0.5) is 45.1 Å². The molecule has 0 atom stereocenters. The molecule has 0 unspecified atom stereocenters. The normalized spacial score (nSPS) is 12.2. The van der Waals surface area contributed by atoms with Gasteiger partial charge in [0.1, 0.15) is 10.0 Å². The van der Waals surface area contributed by atoms with Crippen molar-refractivity contribution in [2.75, 3.05) is 52.0 Å². The number of carbonyl (C=O) groups excluding carboxylic acids is 6. The molecule has 12 nitrogen and oxygen atoms in total. The summed E-state index contributed by atoms with van der Waals surface area (Å²) in [6.45, 7) is 4.12. The van der Waals surface area contributed by atoms with Crippen LogP contribution < -0.4 is 10.6 Å². The van der Waals surface area contributed by atoms with Crippen molar-refractivity contribution in [3.63, 3.8) is 0 Å².